The first kappa shape index (κ1) is 16.9. The molecule has 0 aliphatic rings. The minimum atomic E-state index is -0.421. The van der Waals surface area contributed by atoms with Crippen LogP contribution in [0.15, 0.2) is 0 Å². The first-order chi connectivity index (χ1) is 7.70. The van der Waals surface area contributed by atoms with Gasteiger partial charge in [0.2, 0.25) is 0 Å². The number of hydrogen-bond donors (Lipinski definition) is 2. The van der Waals surface area contributed by atoms with Gasteiger partial charge in [-0.3, -0.25) is 0 Å². The fourth-order valence-electron chi connectivity index (χ4n) is 1.43. The van der Waals surface area contributed by atoms with Crippen LogP contribution in [-0.4, -0.2) is 36.0 Å². The van der Waals surface area contributed by atoms with E-state index in [-0.39, 0.29) is 5.60 Å². The van der Waals surface area contributed by atoms with Crippen molar-refractivity contribution >= 4 is 0 Å². The minimum absolute atomic E-state index is 0.176. The number of aliphatic hydroxyl groups excluding tert-OH is 1. The summed E-state index contributed by atoms with van der Waals surface area (Å²) in [6.07, 6.45) is 1.96. The summed E-state index contributed by atoms with van der Waals surface area (Å²) in [6, 6.07) is 0.460. The van der Waals surface area contributed by atoms with Crippen LogP contribution in [0.3, 0.4) is 0 Å². The number of nitrogens with one attached hydrogen (secondary N) is 1. The van der Waals surface area contributed by atoms with Gasteiger partial charge in [-0.2, -0.15) is 0 Å². The molecule has 2 atom stereocenters. The maximum Gasteiger partial charge on any atom is 0.0898 e. The van der Waals surface area contributed by atoms with Crippen LogP contribution < -0.4 is 5.32 Å². The lowest BCUT2D eigenvalue weighted by Gasteiger charge is -2.23. The average Bonchev–Trinajstić information content (AvgIpc) is 2.19. The van der Waals surface area contributed by atoms with Gasteiger partial charge in [0.05, 0.1) is 18.3 Å². The first-order valence-corrected chi connectivity index (χ1v) is 6.76. The van der Waals surface area contributed by atoms with Crippen LogP contribution in [-0.2, 0) is 4.74 Å². The molecule has 0 aliphatic heterocycles. The van der Waals surface area contributed by atoms with Crippen molar-refractivity contribution in [3.63, 3.8) is 0 Å². The first-order valence-electron chi connectivity index (χ1n) is 6.76. The van der Waals surface area contributed by atoms with Gasteiger partial charge in [0, 0.05) is 12.6 Å². The third-order valence-corrected chi connectivity index (χ3v) is 2.59. The van der Waals surface area contributed by atoms with E-state index >= 15 is 0 Å². The lowest BCUT2D eigenvalue weighted by molar-refractivity contribution is -0.0483. The molecule has 104 valence electrons. The van der Waals surface area contributed by atoms with Crippen LogP contribution in [0.4, 0.5) is 0 Å². The van der Waals surface area contributed by atoms with Crippen molar-refractivity contribution in [2.45, 2.75) is 72.1 Å². The lowest BCUT2D eigenvalue weighted by Crippen LogP contribution is -2.37. The molecule has 17 heavy (non-hydrogen) atoms. The highest BCUT2D eigenvalue weighted by Gasteiger charge is 2.14. The maximum absolute atomic E-state index is 9.75. The zero-order valence-electron chi connectivity index (χ0n) is 12.4. The molecule has 0 radical (unpaired) electrons. The number of rotatable bonds is 8. The smallest absolute Gasteiger partial charge is 0.0898 e. The molecular formula is C14H31NO2. The predicted molar refractivity (Wildman–Crippen MR) is 73.2 cm³/mol. The number of aliphatic hydroxyl groups is 1. The van der Waals surface area contributed by atoms with Gasteiger partial charge in [-0.15, -0.1) is 0 Å². The van der Waals surface area contributed by atoms with E-state index in [0.717, 1.165) is 12.3 Å². The van der Waals surface area contributed by atoms with Gasteiger partial charge in [-0.05, 0) is 46.5 Å². The molecule has 0 saturated carbocycles. The van der Waals surface area contributed by atoms with Gasteiger partial charge in [-0.25, -0.2) is 0 Å². The number of hydrogen-bond acceptors (Lipinski definition) is 3. The topological polar surface area (TPSA) is 41.5 Å². The molecule has 0 bridgehead atoms. The van der Waals surface area contributed by atoms with Crippen LogP contribution in [0.5, 0.6) is 0 Å². The summed E-state index contributed by atoms with van der Waals surface area (Å²) >= 11 is 0. The van der Waals surface area contributed by atoms with E-state index in [4.69, 9.17) is 4.74 Å². The van der Waals surface area contributed by atoms with Crippen molar-refractivity contribution in [1.29, 1.82) is 0 Å². The van der Waals surface area contributed by atoms with Crippen LogP contribution >= 0.6 is 0 Å². The van der Waals surface area contributed by atoms with Gasteiger partial charge in [0.15, 0.2) is 0 Å². The second-order valence-corrected chi connectivity index (χ2v) is 6.36. The fourth-order valence-corrected chi connectivity index (χ4v) is 1.43. The Hall–Kier alpha value is -0.120. The molecule has 0 aromatic heterocycles. The van der Waals surface area contributed by atoms with Crippen molar-refractivity contribution in [2.24, 2.45) is 5.92 Å². The zero-order valence-corrected chi connectivity index (χ0v) is 12.4. The van der Waals surface area contributed by atoms with E-state index in [0.29, 0.717) is 19.2 Å². The molecule has 0 fully saturated rings. The SMILES string of the molecule is CC(C)CC[C@H](C)NC[C@@H](O)COC(C)(C)C. The molecule has 0 spiro atoms. The molecule has 0 unspecified atom stereocenters. The Balaban J connectivity index is 3.58. The van der Waals surface area contributed by atoms with Gasteiger partial charge in [0.25, 0.3) is 0 Å². The van der Waals surface area contributed by atoms with Crippen molar-refractivity contribution in [3.05, 3.63) is 0 Å². The largest absolute Gasteiger partial charge is 0.389 e. The maximum atomic E-state index is 9.75. The molecule has 0 aliphatic carbocycles. The van der Waals surface area contributed by atoms with Crippen molar-refractivity contribution < 1.29 is 9.84 Å². The quantitative estimate of drug-likeness (QED) is 0.690. The van der Waals surface area contributed by atoms with Crippen LogP contribution in [0.25, 0.3) is 0 Å². The summed E-state index contributed by atoms with van der Waals surface area (Å²) in [7, 11) is 0. The van der Waals surface area contributed by atoms with E-state index < -0.39 is 6.10 Å². The Morgan fingerprint density at radius 3 is 2.18 bits per heavy atom. The Morgan fingerprint density at radius 2 is 1.71 bits per heavy atom. The van der Waals surface area contributed by atoms with Crippen LogP contribution in [0.2, 0.25) is 0 Å². The summed E-state index contributed by atoms with van der Waals surface area (Å²) in [5.74, 6) is 0.744. The van der Waals surface area contributed by atoms with Crippen molar-refractivity contribution in [2.75, 3.05) is 13.2 Å². The summed E-state index contributed by atoms with van der Waals surface area (Å²) in [4.78, 5) is 0. The molecule has 0 aromatic carbocycles. The van der Waals surface area contributed by atoms with E-state index in [1.54, 1.807) is 0 Å². The highest BCUT2D eigenvalue weighted by Crippen LogP contribution is 2.08. The Kier molecular flexibility index (Phi) is 8.01. The highest BCUT2D eigenvalue weighted by molar-refractivity contribution is 4.67. The fraction of sp³-hybridized carbons (Fsp3) is 1.00. The minimum Gasteiger partial charge on any atom is -0.389 e. The summed E-state index contributed by atoms with van der Waals surface area (Å²) in [5.41, 5.74) is -0.176. The third kappa shape index (κ3) is 12.1. The summed E-state index contributed by atoms with van der Waals surface area (Å²) < 4.78 is 5.53. The van der Waals surface area contributed by atoms with Gasteiger partial charge < -0.3 is 15.2 Å². The summed E-state index contributed by atoms with van der Waals surface area (Å²) in [5, 5.41) is 13.1. The Labute approximate surface area is 107 Å². The van der Waals surface area contributed by atoms with Crippen molar-refractivity contribution in [1.82, 2.24) is 5.32 Å². The Morgan fingerprint density at radius 1 is 1.12 bits per heavy atom. The van der Waals surface area contributed by atoms with Gasteiger partial charge in [-0.1, -0.05) is 13.8 Å². The number of ether oxygens (including phenoxy) is 1. The van der Waals surface area contributed by atoms with E-state index in [2.05, 4.69) is 26.1 Å². The standard InChI is InChI=1S/C14H31NO2/c1-11(2)7-8-12(3)15-9-13(16)10-17-14(4,5)6/h11-13,15-16H,7-10H2,1-6H3/t12-,13+/m0/s1. The molecule has 0 aromatic rings. The molecular weight excluding hydrogens is 214 g/mol. The van der Waals surface area contributed by atoms with Gasteiger partial charge >= 0.3 is 0 Å². The molecule has 0 heterocycles. The molecule has 3 heteroatoms. The summed E-state index contributed by atoms with van der Waals surface area (Å²) in [6.45, 7) is 13.6. The van der Waals surface area contributed by atoms with Crippen LogP contribution in [0, 0.1) is 5.92 Å². The Bertz CT molecular complexity index is 187. The van der Waals surface area contributed by atoms with Crippen molar-refractivity contribution in [3.8, 4) is 0 Å². The van der Waals surface area contributed by atoms with Crippen LogP contribution in [0.1, 0.15) is 54.4 Å². The predicted octanol–water partition coefficient (Wildman–Crippen LogP) is 2.58. The van der Waals surface area contributed by atoms with E-state index in [9.17, 15) is 5.11 Å². The molecule has 2 N–H and O–H groups in total. The molecule has 0 amide bonds. The van der Waals surface area contributed by atoms with E-state index in [1.807, 2.05) is 20.8 Å². The normalized spacial score (nSPS) is 16.2. The molecule has 3 nitrogen and oxygen atoms in total. The zero-order chi connectivity index (χ0) is 13.5. The second-order valence-electron chi connectivity index (χ2n) is 6.36. The highest BCUT2D eigenvalue weighted by atomic mass is 16.5. The average molecular weight is 245 g/mol. The third-order valence-electron chi connectivity index (χ3n) is 2.59. The van der Waals surface area contributed by atoms with E-state index in [1.165, 1.54) is 6.42 Å². The van der Waals surface area contributed by atoms with Gasteiger partial charge in [0.1, 0.15) is 0 Å². The second kappa shape index (κ2) is 8.06. The molecule has 0 saturated heterocycles. The molecule has 0 rings (SSSR count). The monoisotopic (exact) mass is 245 g/mol. The lowest BCUT2D eigenvalue weighted by atomic mass is 10.0.